The van der Waals surface area contributed by atoms with Crippen LogP contribution in [0.4, 0.5) is 16.2 Å². The molecule has 1 unspecified atom stereocenters. The number of hydrogen-bond acceptors (Lipinski definition) is 3. The first-order valence-electron chi connectivity index (χ1n) is 8.15. The molecule has 2 amide bonds. The Morgan fingerprint density at radius 3 is 2.37 bits per heavy atom. The second-order valence-corrected chi connectivity index (χ2v) is 8.12. The third kappa shape index (κ3) is 5.00. The van der Waals surface area contributed by atoms with Crippen LogP contribution in [0.15, 0.2) is 65.6 Å². The second-order valence-electron chi connectivity index (χ2n) is 5.74. The summed E-state index contributed by atoms with van der Waals surface area (Å²) < 4.78 is 27.1. The molecule has 6 nitrogen and oxygen atoms in total. The van der Waals surface area contributed by atoms with Crippen molar-refractivity contribution in [1.82, 2.24) is 4.84 Å². The number of nitrogens with zero attached hydrogens (tertiary/aromatic N) is 1. The van der Waals surface area contributed by atoms with Crippen molar-refractivity contribution in [2.75, 3.05) is 4.90 Å². The summed E-state index contributed by atoms with van der Waals surface area (Å²) in [6, 6.07) is 14.7. The van der Waals surface area contributed by atoms with Gasteiger partial charge in [-0.2, -0.15) is 0 Å². The van der Waals surface area contributed by atoms with Gasteiger partial charge in [0.25, 0.3) is 0 Å². The zero-order chi connectivity index (χ0) is 21.8. The fourth-order valence-corrected chi connectivity index (χ4v) is 3.70. The molecule has 0 saturated heterocycles. The standard InChI is InChI=1S/C19H12Cl4N2O4S/c20-11-5-8-17(18(9-11)30(27)28)29-16-4-2-1-3-15(16)25(19(26)24-23)12-6-7-13(21)14(22)10-12/h1-10H,(H,24,26)(H,27,28). The van der Waals surface area contributed by atoms with Crippen molar-refractivity contribution in [1.29, 1.82) is 0 Å². The molecule has 2 N–H and O–H groups in total. The monoisotopic (exact) mass is 504 g/mol. The highest BCUT2D eigenvalue weighted by atomic mass is 35.5. The Labute approximate surface area is 194 Å². The Bertz CT molecular complexity index is 1130. The smallest absolute Gasteiger partial charge is 0.341 e. The first-order chi connectivity index (χ1) is 14.3. The molecule has 0 bridgehead atoms. The largest absolute Gasteiger partial charge is 0.454 e. The molecule has 30 heavy (non-hydrogen) atoms. The number of benzene rings is 3. The van der Waals surface area contributed by atoms with Crippen LogP contribution in [0.5, 0.6) is 11.5 Å². The van der Waals surface area contributed by atoms with Crippen LogP contribution >= 0.6 is 46.6 Å². The van der Waals surface area contributed by atoms with Gasteiger partial charge in [-0.25, -0.2) is 13.8 Å². The van der Waals surface area contributed by atoms with Crippen LogP contribution in [0.2, 0.25) is 15.1 Å². The van der Waals surface area contributed by atoms with Gasteiger partial charge in [-0.1, -0.05) is 46.9 Å². The van der Waals surface area contributed by atoms with E-state index in [2.05, 4.69) is 0 Å². The number of anilines is 2. The molecule has 0 saturated carbocycles. The highest BCUT2D eigenvalue weighted by Crippen LogP contribution is 2.39. The van der Waals surface area contributed by atoms with Crippen molar-refractivity contribution >= 4 is 75.1 Å². The highest BCUT2D eigenvalue weighted by molar-refractivity contribution is 7.79. The SMILES string of the molecule is O=C(NCl)N(c1ccc(Cl)c(Cl)c1)c1ccccc1Oc1ccc(Cl)cc1S(=O)O. The minimum Gasteiger partial charge on any atom is -0.454 e. The first kappa shape index (κ1) is 22.7. The van der Waals surface area contributed by atoms with Crippen molar-refractivity contribution in [3.05, 3.63) is 75.7 Å². The molecule has 0 radical (unpaired) electrons. The summed E-state index contributed by atoms with van der Waals surface area (Å²) in [7, 11) is 0. The van der Waals surface area contributed by atoms with E-state index in [1.165, 1.54) is 35.2 Å². The van der Waals surface area contributed by atoms with Crippen molar-refractivity contribution < 1.29 is 18.3 Å². The zero-order valence-electron chi connectivity index (χ0n) is 14.8. The summed E-state index contributed by atoms with van der Waals surface area (Å²) in [4.78, 5) is 15.8. The number of rotatable bonds is 5. The van der Waals surface area contributed by atoms with E-state index in [1.807, 2.05) is 4.84 Å². The third-order valence-electron chi connectivity index (χ3n) is 3.87. The number of carbonyl (C=O) groups is 1. The van der Waals surface area contributed by atoms with Crippen molar-refractivity contribution in [3.8, 4) is 11.5 Å². The molecule has 0 heterocycles. The van der Waals surface area contributed by atoms with E-state index in [9.17, 15) is 13.6 Å². The molecule has 3 aromatic rings. The number of carbonyl (C=O) groups excluding carboxylic acids is 1. The van der Waals surface area contributed by atoms with Crippen LogP contribution in [-0.4, -0.2) is 14.8 Å². The molecule has 0 aromatic heterocycles. The Balaban J connectivity index is 2.11. The predicted octanol–water partition coefficient (Wildman–Crippen LogP) is 7.02. The number of hydrogen-bond donors (Lipinski definition) is 2. The molecule has 0 aliphatic rings. The van der Waals surface area contributed by atoms with E-state index in [0.717, 1.165) is 0 Å². The molecule has 1 atom stereocenters. The molecule has 11 heteroatoms. The van der Waals surface area contributed by atoms with Gasteiger partial charge in [-0.05, 0) is 48.5 Å². The topological polar surface area (TPSA) is 78.9 Å². The fourth-order valence-electron chi connectivity index (χ4n) is 2.58. The number of para-hydroxylation sites is 2. The Morgan fingerprint density at radius 2 is 1.70 bits per heavy atom. The van der Waals surface area contributed by atoms with E-state index in [4.69, 9.17) is 51.3 Å². The van der Waals surface area contributed by atoms with Gasteiger partial charge < -0.3 is 9.29 Å². The lowest BCUT2D eigenvalue weighted by Gasteiger charge is -2.24. The van der Waals surface area contributed by atoms with Gasteiger partial charge in [-0.3, -0.25) is 4.90 Å². The minimum absolute atomic E-state index is 0.0276. The maximum absolute atomic E-state index is 12.6. The van der Waals surface area contributed by atoms with Gasteiger partial charge in [0.1, 0.15) is 10.6 Å². The summed E-state index contributed by atoms with van der Waals surface area (Å²) >= 11 is 21.2. The van der Waals surface area contributed by atoms with Crippen molar-refractivity contribution in [2.45, 2.75) is 4.90 Å². The molecule has 156 valence electrons. The van der Waals surface area contributed by atoms with E-state index >= 15 is 0 Å². The van der Waals surface area contributed by atoms with Gasteiger partial charge >= 0.3 is 6.03 Å². The van der Waals surface area contributed by atoms with Gasteiger partial charge in [0.15, 0.2) is 16.8 Å². The average Bonchev–Trinajstić information content (AvgIpc) is 2.73. The molecular formula is C19H12Cl4N2O4S. The summed E-state index contributed by atoms with van der Waals surface area (Å²) in [5.41, 5.74) is 0.652. The van der Waals surface area contributed by atoms with Gasteiger partial charge in [0.2, 0.25) is 0 Å². The van der Waals surface area contributed by atoms with E-state index in [-0.39, 0.29) is 26.4 Å². The molecule has 3 rings (SSSR count). The molecular weight excluding hydrogens is 494 g/mol. The van der Waals surface area contributed by atoms with E-state index in [0.29, 0.717) is 16.4 Å². The van der Waals surface area contributed by atoms with Crippen LogP contribution in [0.3, 0.4) is 0 Å². The van der Waals surface area contributed by atoms with Crippen LogP contribution in [0, 0.1) is 0 Å². The molecule has 3 aromatic carbocycles. The van der Waals surface area contributed by atoms with Crippen molar-refractivity contribution in [3.63, 3.8) is 0 Å². The van der Waals surface area contributed by atoms with Gasteiger partial charge in [0, 0.05) is 16.8 Å². The highest BCUT2D eigenvalue weighted by Gasteiger charge is 2.23. The second kappa shape index (κ2) is 9.87. The minimum atomic E-state index is -2.35. The lowest BCUT2D eigenvalue weighted by molar-refractivity contribution is 0.253. The summed E-state index contributed by atoms with van der Waals surface area (Å²) in [5.74, 6) is 0.297. The average molecular weight is 506 g/mol. The van der Waals surface area contributed by atoms with E-state index in [1.54, 1.807) is 30.3 Å². The molecule has 0 spiro atoms. The molecule has 0 fully saturated rings. The van der Waals surface area contributed by atoms with Gasteiger partial charge in [-0.15, -0.1) is 0 Å². The third-order valence-corrected chi connectivity index (χ3v) is 5.70. The Hall–Kier alpha value is -2.00. The fraction of sp³-hybridized carbons (Fsp3) is 0. The summed E-state index contributed by atoms with van der Waals surface area (Å²) in [6.07, 6.45) is 0. The van der Waals surface area contributed by atoms with Crippen LogP contribution in [0.1, 0.15) is 0 Å². The zero-order valence-corrected chi connectivity index (χ0v) is 18.7. The number of halogens is 4. The van der Waals surface area contributed by atoms with Crippen LogP contribution < -0.4 is 14.5 Å². The Morgan fingerprint density at radius 1 is 0.967 bits per heavy atom. The normalized spacial score (nSPS) is 11.6. The maximum Gasteiger partial charge on any atom is 0.341 e. The maximum atomic E-state index is 12.6. The molecule has 0 aliphatic heterocycles. The van der Waals surface area contributed by atoms with E-state index < -0.39 is 17.1 Å². The quantitative estimate of drug-likeness (QED) is 0.288. The number of amides is 2. The molecule has 0 aliphatic carbocycles. The summed E-state index contributed by atoms with van der Waals surface area (Å²) in [6.45, 7) is 0. The number of ether oxygens (including phenoxy) is 1. The summed E-state index contributed by atoms with van der Waals surface area (Å²) in [5, 5.41) is 0.815. The number of nitrogens with one attached hydrogen (secondary N) is 1. The van der Waals surface area contributed by atoms with Crippen molar-refractivity contribution in [2.24, 2.45) is 0 Å². The number of urea groups is 1. The lowest BCUT2D eigenvalue weighted by Crippen LogP contribution is -2.32. The Kier molecular flexibility index (Phi) is 7.46. The van der Waals surface area contributed by atoms with Crippen LogP contribution in [0.25, 0.3) is 0 Å². The predicted molar refractivity (Wildman–Crippen MR) is 120 cm³/mol. The first-order valence-corrected chi connectivity index (χ1v) is 10.8. The lowest BCUT2D eigenvalue weighted by atomic mass is 10.2. The van der Waals surface area contributed by atoms with Gasteiger partial charge in [0.05, 0.1) is 21.4 Å². The van der Waals surface area contributed by atoms with Crippen LogP contribution in [-0.2, 0) is 11.1 Å².